The molecule has 1 radical (unpaired) electrons. The predicted octanol–water partition coefficient (Wildman–Crippen LogP) is 2.28. The highest BCUT2D eigenvalue weighted by Crippen LogP contribution is 2.34. The Bertz CT molecular complexity index is 371. The maximum Gasteiger partial charge on any atom is 0.0594 e. The van der Waals surface area contributed by atoms with Gasteiger partial charge in [-0.3, -0.25) is 4.90 Å². The summed E-state index contributed by atoms with van der Waals surface area (Å²) in [6.07, 6.45) is 3.75. The monoisotopic (exact) mass is 230 g/mol. The summed E-state index contributed by atoms with van der Waals surface area (Å²) in [7, 11) is 0. The molecule has 1 aliphatic carbocycles. The van der Waals surface area contributed by atoms with E-state index in [1.165, 1.54) is 31.4 Å². The lowest BCUT2D eigenvalue weighted by molar-refractivity contribution is 0.0379. The van der Waals surface area contributed by atoms with Crippen LogP contribution in [0.3, 0.4) is 0 Å². The Morgan fingerprint density at radius 1 is 1.06 bits per heavy atom. The summed E-state index contributed by atoms with van der Waals surface area (Å²) in [5, 5.41) is 0. The molecule has 0 bridgehead atoms. The molecule has 0 saturated carbocycles. The third-order valence-electron chi connectivity index (χ3n) is 3.93. The molecule has 2 nitrogen and oxygen atoms in total. The molecule has 1 aliphatic heterocycles. The molecule has 17 heavy (non-hydrogen) atoms. The summed E-state index contributed by atoms with van der Waals surface area (Å²) in [5.74, 6) is 1.66. The summed E-state index contributed by atoms with van der Waals surface area (Å²) >= 11 is 0. The molecular weight excluding hydrogens is 210 g/mol. The lowest BCUT2D eigenvalue weighted by Crippen LogP contribution is -2.37. The van der Waals surface area contributed by atoms with Crippen molar-refractivity contribution >= 4 is 0 Å². The summed E-state index contributed by atoms with van der Waals surface area (Å²) in [6.45, 7) is 5.23. The van der Waals surface area contributed by atoms with Crippen LogP contribution >= 0.6 is 0 Å². The normalized spacial score (nSPS) is 21.6. The number of fused-ring (bicyclic) bond motifs is 1. The zero-order valence-corrected chi connectivity index (χ0v) is 10.3. The van der Waals surface area contributed by atoms with Crippen LogP contribution in [-0.2, 0) is 11.2 Å². The lowest BCUT2D eigenvalue weighted by atomic mass is 9.97. The Balaban J connectivity index is 1.56. The quantitative estimate of drug-likeness (QED) is 0.790. The molecule has 0 unspecified atom stereocenters. The van der Waals surface area contributed by atoms with Crippen LogP contribution in [0.5, 0.6) is 0 Å². The number of hydrogen-bond donors (Lipinski definition) is 0. The van der Waals surface area contributed by atoms with E-state index in [9.17, 15) is 0 Å². The fourth-order valence-corrected chi connectivity index (χ4v) is 2.88. The minimum absolute atomic E-state index is 0.909. The highest BCUT2D eigenvalue weighted by molar-refractivity contribution is 5.43. The van der Waals surface area contributed by atoms with E-state index in [-0.39, 0.29) is 0 Å². The second kappa shape index (κ2) is 5.19. The van der Waals surface area contributed by atoms with Crippen molar-refractivity contribution in [2.45, 2.75) is 19.3 Å². The number of benzene rings is 1. The minimum atomic E-state index is 0.909. The van der Waals surface area contributed by atoms with Crippen molar-refractivity contribution in [1.29, 1.82) is 0 Å². The van der Waals surface area contributed by atoms with Gasteiger partial charge in [-0.05, 0) is 36.9 Å². The number of hydrogen-bond acceptors (Lipinski definition) is 2. The molecule has 0 spiro atoms. The number of aryl methyl sites for hydroxylation is 1. The molecular formula is C15H20NO. The molecule has 3 rings (SSSR count). The fraction of sp³-hybridized carbons (Fsp3) is 0.533. The second-order valence-electron chi connectivity index (χ2n) is 4.96. The highest BCUT2D eigenvalue weighted by Gasteiger charge is 2.23. The molecule has 1 aromatic rings. The van der Waals surface area contributed by atoms with E-state index in [2.05, 4.69) is 29.2 Å². The van der Waals surface area contributed by atoms with Gasteiger partial charge in [0.05, 0.1) is 13.2 Å². The fourth-order valence-electron chi connectivity index (χ4n) is 2.88. The van der Waals surface area contributed by atoms with Crippen LogP contribution in [0, 0.1) is 5.92 Å². The summed E-state index contributed by atoms with van der Waals surface area (Å²) in [5.41, 5.74) is 3.07. The van der Waals surface area contributed by atoms with E-state index in [1.54, 1.807) is 11.5 Å². The summed E-state index contributed by atoms with van der Waals surface area (Å²) in [4.78, 5) is 2.53. The Hall–Kier alpha value is -0.860. The van der Waals surface area contributed by atoms with Crippen LogP contribution in [0.15, 0.2) is 24.3 Å². The SMILES string of the molecule is c1ccc2c(c1)CC[C]2CCN1CCOCC1. The van der Waals surface area contributed by atoms with Gasteiger partial charge in [-0.15, -0.1) is 0 Å². The van der Waals surface area contributed by atoms with E-state index in [0.717, 1.165) is 26.3 Å². The predicted molar refractivity (Wildman–Crippen MR) is 69.0 cm³/mol. The van der Waals surface area contributed by atoms with Gasteiger partial charge in [0, 0.05) is 19.0 Å². The van der Waals surface area contributed by atoms with Gasteiger partial charge in [0.15, 0.2) is 0 Å². The van der Waals surface area contributed by atoms with Crippen molar-refractivity contribution in [3.8, 4) is 0 Å². The number of rotatable bonds is 3. The first-order valence-electron chi connectivity index (χ1n) is 6.66. The van der Waals surface area contributed by atoms with Crippen LogP contribution in [0.2, 0.25) is 0 Å². The third-order valence-corrected chi connectivity index (χ3v) is 3.93. The molecule has 2 heteroatoms. The van der Waals surface area contributed by atoms with Crippen molar-refractivity contribution < 1.29 is 4.74 Å². The van der Waals surface area contributed by atoms with Crippen molar-refractivity contribution in [3.05, 3.63) is 41.3 Å². The van der Waals surface area contributed by atoms with Crippen LogP contribution in [0.25, 0.3) is 0 Å². The maximum atomic E-state index is 5.38. The highest BCUT2D eigenvalue weighted by atomic mass is 16.5. The number of morpholine rings is 1. The second-order valence-corrected chi connectivity index (χ2v) is 4.96. The molecule has 0 amide bonds. The van der Waals surface area contributed by atoms with Gasteiger partial charge in [-0.1, -0.05) is 24.3 Å². The van der Waals surface area contributed by atoms with Crippen molar-refractivity contribution in [2.75, 3.05) is 32.8 Å². The zero-order valence-electron chi connectivity index (χ0n) is 10.3. The molecule has 2 aliphatic rings. The van der Waals surface area contributed by atoms with Crippen LogP contribution in [0.1, 0.15) is 24.0 Å². The maximum absolute atomic E-state index is 5.38. The smallest absolute Gasteiger partial charge is 0.0594 e. The van der Waals surface area contributed by atoms with E-state index in [0.29, 0.717) is 0 Å². The molecule has 1 saturated heterocycles. The van der Waals surface area contributed by atoms with Crippen LogP contribution < -0.4 is 0 Å². The number of nitrogens with zero attached hydrogens (tertiary/aromatic N) is 1. The molecule has 0 atom stereocenters. The Morgan fingerprint density at radius 2 is 1.88 bits per heavy atom. The minimum Gasteiger partial charge on any atom is -0.379 e. The molecule has 0 N–H and O–H groups in total. The standard InChI is InChI=1S/C15H20NO/c1-2-4-15-13(3-1)5-6-14(15)7-8-16-9-11-17-12-10-16/h1-4H,5-12H2. The summed E-state index contributed by atoms with van der Waals surface area (Å²) < 4.78 is 5.38. The van der Waals surface area contributed by atoms with Crippen LogP contribution in [0.4, 0.5) is 0 Å². The van der Waals surface area contributed by atoms with Gasteiger partial charge in [0.1, 0.15) is 0 Å². The lowest BCUT2D eigenvalue weighted by Gasteiger charge is -2.27. The van der Waals surface area contributed by atoms with Gasteiger partial charge in [0.2, 0.25) is 0 Å². The average molecular weight is 230 g/mol. The summed E-state index contributed by atoms with van der Waals surface area (Å²) in [6, 6.07) is 8.89. The van der Waals surface area contributed by atoms with E-state index >= 15 is 0 Å². The Kier molecular flexibility index (Phi) is 3.44. The zero-order chi connectivity index (χ0) is 11.5. The van der Waals surface area contributed by atoms with Crippen LogP contribution in [-0.4, -0.2) is 37.7 Å². The van der Waals surface area contributed by atoms with Crippen molar-refractivity contribution in [2.24, 2.45) is 0 Å². The first kappa shape index (κ1) is 11.2. The van der Waals surface area contributed by atoms with E-state index < -0.39 is 0 Å². The largest absolute Gasteiger partial charge is 0.379 e. The van der Waals surface area contributed by atoms with Gasteiger partial charge in [-0.25, -0.2) is 0 Å². The number of ether oxygens (including phenoxy) is 1. The molecule has 91 valence electrons. The van der Waals surface area contributed by atoms with Gasteiger partial charge >= 0.3 is 0 Å². The van der Waals surface area contributed by atoms with Gasteiger partial charge < -0.3 is 4.74 Å². The first-order valence-corrected chi connectivity index (χ1v) is 6.66. The van der Waals surface area contributed by atoms with Crippen molar-refractivity contribution in [3.63, 3.8) is 0 Å². The van der Waals surface area contributed by atoms with E-state index in [1.807, 2.05) is 0 Å². The Labute approximate surface area is 104 Å². The first-order chi connectivity index (χ1) is 8.43. The van der Waals surface area contributed by atoms with E-state index in [4.69, 9.17) is 4.74 Å². The van der Waals surface area contributed by atoms with Gasteiger partial charge in [0.25, 0.3) is 0 Å². The average Bonchev–Trinajstić information content (AvgIpc) is 2.81. The molecule has 1 heterocycles. The molecule has 1 fully saturated rings. The molecule has 1 aromatic carbocycles. The Morgan fingerprint density at radius 3 is 2.76 bits per heavy atom. The van der Waals surface area contributed by atoms with Gasteiger partial charge in [-0.2, -0.15) is 0 Å². The molecule has 0 aromatic heterocycles. The topological polar surface area (TPSA) is 12.5 Å². The van der Waals surface area contributed by atoms with Crippen molar-refractivity contribution in [1.82, 2.24) is 4.90 Å². The third kappa shape index (κ3) is 2.53.